The highest BCUT2D eigenvalue weighted by Crippen LogP contribution is 2.45. The van der Waals surface area contributed by atoms with E-state index in [1.807, 2.05) is 36.4 Å². The Balaban J connectivity index is 1.20. The van der Waals surface area contributed by atoms with Gasteiger partial charge < -0.3 is 39.8 Å². The van der Waals surface area contributed by atoms with Gasteiger partial charge in [0.25, 0.3) is 0 Å². The monoisotopic (exact) mass is 638 g/mol. The summed E-state index contributed by atoms with van der Waals surface area (Å²) in [5.74, 6) is -2.63. The molecule has 0 radical (unpaired) electrons. The zero-order valence-electron chi connectivity index (χ0n) is 25.9. The van der Waals surface area contributed by atoms with Gasteiger partial charge in [0.1, 0.15) is 29.8 Å². The highest BCUT2D eigenvalue weighted by atomic mass is 16.6. The summed E-state index contributed by atoms with van der Waals surface area (Å²) in [5, 5.41) is 15.5. The molecule has 4 amide bonds. The van der Waals surface area contributed by atoms with E-state index in [2.05, 4.69) is 10.6 Å². The Labute approximate surface area is 267 Å². The SMILES string of the molecule is O=C(N[C@H]1CCCCC/C=C/[C@@H]2C[C@@]2(C(=O)O)NC(=O)[C@@H]2C[C@@H](OC(=O)N3CCc4ccccc4C3)CN2C1=O)O[C@H]1CCOC1. The summed E-state index contributed by atoms with van der Waals surface area (Å²) in [4.78, 5) is 69.3. The second kappa shape index (κ2) is 13.7. The van der Waals surface area contributed by atoms with Gasteiger partial charge in [0.05, 0.1) is 19.8 Å². The Bertz CT molecular complexity index is 1380. The summed E-state index contributed by atoms with van der Waals surface area (Å²) in [5.41, 5.74) is 0.762. The predicted octanol–water partition coefficient (Wildman–Crippen LogP) is 2.51. The van der Waals surface area contributed by atoms with E-state index in [4.69, 9.17) is 14.2 Å². The summed E-state index contributed by atoms with van der Waals surface area (Å²) in [6, 6.07) is 5.82. The average Bonchev–Trinajstić information content (AvgIpc) is 3.32. The molecule has 5 aliphatic rings. The highest BCUT2D eigenvalue weighted by Gasteiger charge is 2.61. The lowest BCUT2D eigenvalue weighted by molar-refractivity contribution is -0.145. The molecular formula is C33H42N4O9. The van der Waals surface area contributed by atoms with E-state index in [9.17, 15) is 29.1 Å². The first-order chi connectivity index (χ1) is 22.2. The third-order valence-electron chi connectivity index (χ3n) is 9.73. The topological polar surface area (TPSA) is 164 Å². The number of carboxylic acid groups (broad SMARTS) is 1. The molecule has 0 unspecified atom stereocenters. The number of carbonyl (C=O) groups is 5. The summed E-state index contributed by atoms with van der Waals surface area (Å²) in [7, 11) is 0. The van der Waals surface area contributed by atoms with Gasteiger partial charge in [-0.3, -0.25) is 9.59 Å². The lowest BCUT2D eigenvalue weighted by Crippen LogP contribution is -2.56. The fourth-order valence-corrected chi connectivity index (χ4v) is 6.95. The van der Waals surface area contributed by atoms with Crippen molar-refractivity contribution in [2.45, 2.75) is 94.2 Å². The van der Waals surface area contributed by atoms with Crippen molar-refractivity contribution in [2.75, 3.05) is 26.3 Å². The number of allylic oxidation sites excluding steroid dienone is 1. The highest BCUT2D eigenvalue weighted by molar-refractivity contribution is 5.96. The Morgan fingerprint density at radius 2 is 1.87 bits per heavy atom. The molecule has 3 fully saturated rings. The Morgan fingerprint density at radius 1 is 1.04 bits per heavy atom. The number of ether oxygens (including phenoxy) is 3. The van der Waals surface area contributed by atoms with Crippen LogP contribution < -0.4 is 10.6 Å². The number of hydrogen-bond donors (Lipinski definition) is 3. The molecule has 4 heterocycles. The molecule has 0 aromatic heterocycles. The Morgan fingerprint density at radius 3 is 2.65 bits per heavy atom. The van der Waals surface area contributed by atoms with E-state index in [1.165, 1.54) is 10.5 Å². The number of aliphatic carboxylic acids is 1. The van der Waals surface area contributed by atoms with Crippen molar-refractivity contribution in [3.8, 4) is 0 Å². The maximum atomic E-state index is 14.1. The molecule has 46 heavy (non-hydrogen) atoms. The molecule has 3 N–H and O–H groups in total. The molecular weight excluding hydrogens is 596 g/mol. The van der Waals surface area contributed by atoms with Crippen LogP contribution in [0.3, 0.4) is 0 Å². The summed E-state index contributed by atoms with van der Waals surface area (Å²) in [6.45, 7) is 1.58. The minimum atomic E-state index is -1.46. The third-order valence-corrected chi connectivity index (χ3v) is 9.73. The van der Waals surface area contributed by atoms with Crippen LogP contribution in [0.5, 0.6) is 0 Å². The maximum Gasteiger partial charge on any atom is 0.410 e. The minimum absolute atomic E-state index is 0.000520. The van der Waals surface area contributed by atoms with Crippen molar-refractivity contribution >= 4 is 30.0 Å². The number of hydrogen-bond acceptors (Lipinski definition) is 8. The van der Waals surface area contributed by atoms with E-state index in [0.717, 1.165) is 24.8 Å². The van der Waals surface area contributed by atoms with Crippen molar-refractivity contribution < 1.29 is 43.3 Å². The Kier molecular flexibility index (Phi) is 9.48. The van der Waals surface area contributed by atoms with Crippen LogP contribution in [0.15, 0.2) is 36.4 Å². The van der Waals surface area contributed by atoms with Crippen molar-refractivity contribution in [3.63, 3.8) is 0 Å². The number of carbonyl (C=O) groups excluding carboxylic acids is 4. The summed E-state index contributed by atoms with van der Waals surface area (Å²) >= 11 is 0. The fourth-order valence-electron chi connectivity index (χ4n) is 6.95. The molecule has 1 aromatic carbocycles. The average molecular weight is 639 g/mol. The molecule has 1 aliphatic carbocycles. The van der Waals surface area contributed by atoms with Gasteiger partial charge in [-0.2, -0.15) is 0 Å². The molecule has 6 atom stereocenters. The van der Waals surface area contributed by atoms with Crippen LogP contribution >= 0.6 is 0 Å². The lowest BCUT2D eigenvalue weighted by atomic mass is 10.0. The molecule has 2 saturated heterocycles. The molecule has 1 saturated carbocycles. The lowest BCUT2D eigenvalue weighted by Gasteiger charge is -2.30. The molecule has 1 aromatic rings. The normalized spacial score (nSPS) is 32.0. The van der Waals surface area contributed by atoms with Gasteiger partial charge in [-0.05, 0) is 43.2 Å². The number of nitrogens with zero attached hydrogens (tertiary/aromatic N) is 2. The molecule has 6 rings (SSSR count). The molecule has 13 heteroatoms. The molecule has 248 valence electrons. The van der Waals surface area contributed by atoms with E-state index in [1.54, 1.807) is 4.90 Å². The van der Waals surface area contributed by atoms with E-state index >= 15 is 0 Å². The molecule has 4 aliphatic heterocycles. The van der Waals surface area contributed by atoms with Crippen LogP contribution in [0.2, 0.25) is 0 Å². The molecule has 0 spiro atoms. The van der Waals surface area contributed by atoms with Crippen LogP contribution in [0.1, 0.15) is 62.5 Å². The number of amides is 4. The maximum absolute atomic E-state index is 14.1. The van der Waals surface area contributed by atoms with Crippen LogP contribution in [0.25, 0.3) is 0 Å². The van der Waals surface area contributed by atoms with Gasteiger partial charge in [-0.25, -0.2) is 14.4 Å². The quantitative estimate of drug-likeness (QED) is 0.421. The Hall–Kier alpha value is -4.13. The van der Waals surface area contributed by atoms with E-state index in [0.29, 0.717) is 45.4 Å². The zero-order valence-corrected chi connectivity index (χ0v) is 25.9. The van der Waals surface area contributed by atoms with Gasteiger partial charge in [-0.1, -0.05) is 49.3 Å². The first kappa shape index (κ1) is 31.8. The second-order valence-electron chi connectivity index (χ2n) is 12.9. The second-order valence-corrected chi connectivity index (χ2v) is 12.9. The van der Waals surface area contributed by atoms with Gasteiger partial charge in [0.2, 0.25) is 11.8 Å². The first-order valence-electron chi connectivity index (χ1n) is 16.3. The van der Waals surface area contributed by atoms with Crippen molar-refractivity contribution in [2.24, 2.45) is 5.92 Å². The number of benzene rings is 1. The summed E-state index contributed by atoms with van der Waals surface area (Å²) in [6.07, 6.45) is 6.12. The van der Waals surface area contributed by atoms with Gasteiger partial charge >= 0.3 is 18.2 Å². The standard InChI is InChI=1S/C33H42N4O9/c38-28-27-16-25(46-32(43)36-14-12-21-8-6-7-9-22(21)18-36)19-37(27)29(39)26(34-31(42)45-24-13-15-44-20-24)11-5-3-1-2-4-10-23-17-33(23,35-28)30(40)41/h4,6-10,23-27H,1-3,5,11-20H2,(H,34,42)(H,35,38)(H,40,41)/b10-4+/t23-,24+,25-,26+,27+,33-/m1/s1. The van der Waals surface area contributed by atoms with Crippen molar-refractivity contribution in [3.05, 3.63) is 47.5 Å². The van der Waals surface area contributed by atoms with Gasteiger partial charge in [0.15, 0.2) is 0 Å². The number of alkyl carbamates (subject to hydrolysis) is 1. The third kappa shape index (κ3) is 6.98. The largest absolute Gasteiger partial charge is 0.479 e. The zero-order chi connectivity index (χ0) is 32.3. The van der Waals surface area contributed by atoms with Crippen molar-refractivity contribution in [1.29, 1.82) is 0 Å². The number of rotatable bonds is 4. The number of carboxylic acids is 1. The van der Waals surface area contributed by atoms with Crippen LogP contribution in [-0.4, -0.2) is 101 Å². The minimum Gasteiger partial charge on any atom is -0.479 e. The predicted molar refractivity (Wildman–Crippen MR) is 162 cm³/mol. The first-order valence-corrected chi connectivity index (χ1v) is 16.3. The fraction of sp³-hybridized carbons (Fsp3) is 0.606. The molecule has 13 nitrogen and oxygen atoms in total. The summed E-state index contributed by atoms with van der Waals surface area (Å²) < 4.78 is 16.6. The molecule has 0 bridgehead atoms. The van der Waals surface area contributed by atoms with Crippen LogP contribution in [0, 0.1) is 5.92 Å². The number of fused-ring (bicyclic) bond motifs is 3. The van der Waals surface area contributed by atoms with Gasteiger partial charge in [-0.15, -0.1) is 0 Å². The van der Waals surface area contributed by atoms with Gasteiger partial charge in [0, 0.05) is 31.8 Å². The smallest absolute Gasteiger partial charge is 0.410 e. The van der Waals surface area contributed by atoms with Crippen LogP contribution in [0.4, 0.5) is 9.59 Å². The van der Waals surface area contributed by atoms with Crippen LogP contribution in [-0.2, 0) is 41.6 Å². The number of nitrogens with one attached hydrogen (secondary N) is 2. The van der Waals surface area contributed by atoms with Crippen molar-refractivity contribution in [1.82, 2.24) is 20.4 Å². The van der Waals surface area contributed by atoms with E-state index < -0.39 is 59.8 Å². The van der Waals surface area contributed by atoms with E-state index in [-0.39, 0.29) is 31.9 Å².